The molecule has 4 heteroatoms. The van der Waals surface area contributed by atoms with Crippen molar-refractivity contribution >= 4 is 11.3 Å². The van der Waals surface area contributed by atoms with Gasteiger partial charge in [-0.2, -0.15) is 0 Å². The number of hydrogen-bond acceptors (Lipinski definition) is 4. The van der Waals surface area contributed by atoms with E-state index in [0.717, 1.165) is 19.4 Å². The van der Waals surface area contributed by atoms with Crippen molar-refractivity contribution in [2.24, 2.45) is 0 Å². The Balaban J connectivity index is 2.18. The zero-order valence-corrected chi connectivity index (χ0v) is 13.2. The predicted octanol–water partition coefficient (Wildman–Crippen LogP) is 4.01. The molecule has 2 rings (SSSR count). The van der Waals surface area contributed by atoms with Crippen molar-refractivity contribution in [2.75, 3.05) is 13.7 Å². The summed E-state index contributed by atoms with van der Waals surface area (Å²) in [5, 5.41) is 4.63. The van der Waals surface area contributed by atoms with Gasteiger partial charge in [-0.05, 0) is 26.3 Å². The van der Waals surface area contributed by atoms with Crippen molar-refractivity contribution < 1.29 is 4.74 Å². The summed E-state index contributed by atoms with van der Waals surface area (Å²) in [5.41, 5.74) is -0.120. The van der Waals surface area contributed by atoms with Gasteiger partial charge < -0.3 is 10.1 Å². The smallest absolute Gasteiger partial charge is 0.125 e. The molecule has 1 unspecified atom stereocenters. The van der Waals surface area contributed by atoms with Crippen LogP contribution >= 0.6 is 11.3 Å². The minimum Gasteiger partial charge on any atom is -0.371 e. The number of ether oxygens (including phenoxy) is 1. The van der Waals surface area contributed by atoms with Crippen LogP contribution in [0.5, 0.6) is 0 Å². The minimum atomic E-state index is -0.120. The Kier molecular flexibility index (Phi) is 5.37. The third kappa shape index (κ3) is 3.36. The SMILES string of the molecule is CCNC(C)c1cnc(C2(OC)CCCCCC2)s1. The topological polar surface area (TPSA) is 34.2 Å². The molecule has 1 saturated carbocycles. The second-order valence-corrected chi connectivity index (χ2v) is 6.52. The molecule has 0 saturated heterocycles. The van der Waals surface area contributed by atoms with Gasteiger partial charge in [-0.1, -0.05) is 32.6 Å². The summed E-state index contributed by atoms with van der Waals surface area (Å²) in [6.07, 6.45) is 9.43. The van der Waals surface area contributed by atoms with E-state index in [2.05, 4.69) is 24.1 Å². The Morgan fingerprint density at radius 2 is 2.05 bits per heavy atom. The lowest BCUT2D eigenvalue weighted by Gasteiger charge is -2.29. The van der Waals surface area contributed by atoms with Crippen molar-refractivity contribution in [3.05, 3.63) is 16.1 Å². The van der Waals surface area contributed by atoms with Gasteiger partial charge in [0.05, 0.1) is 0 Å². The summed E-state index contributed by atoms with van der Waals surface area (Å²) in [6.45, 7) is 5.33. The molecule has 1 aromatic heterocycles. The molecular weight excluding hydrogens is 256 g/mol. The monoisotopic (exact) mass is 282 g/mol. The molecule has 19 heavy (non-hydrogen) atoms. The second kappa shape index (κ2) is 6.82. The van der Waals surface area contributed by atoms with Gasteiger partial charge in [-0.15, -0.1) is 11.3 Å². The molecule has 1 aromatic rings. The third-order valence-corrected chi connectivity index (χ3v) is 5.52. The molecule has 0 amide bonds. The first-order chi connectivity index (χ1) is 9.22. The van der Waals surface area contributed by atoms with Gasteiger partial charge in [0.25, 0.3) is 0 Å². The van der Waals surface area contributed by atoms with E-state index in [-0.39, 0.29) is 5.60 Å². The van der Waals surface area contributed by atoms with E-state index in [1.807, 2.05) is 24.6 Å². The van der Waals surface area contributed by atoms with Crippen LogP contribution in [0.3, 0.4) is 0 Å². The number of aromatic nitrogens is 1. The first-order valence-electron chi connectivity index (χ1n) is 7.46. The molecule has 1 aliphatic carbocycles. The van der Waals surface area contributed by atoms with E-state index in [1.54, 1.807) is 0 Å². The Morgan fingerprint density at radius 3 is 2.63 bits per heavy atom. The van der Waals surface area contributed by atoms with E-state index >= 15 is 0 Å². The lowest BCUT2D eigenvalue weighted by molar-refractivity contribution is -0.0279. The summed E-state index contributed by atoms with van der Waals surface area (Å²) in [4.78, 5) is 6.00. The maximum atomic E-state index is 5.93. The molecule has 0 radical (unpaired) electrons. The van der Waals surface area contributed by atoms with E-state index in [0.29, 0.717) is 6.04 Å². The summed E-state index contributed by atoms with van der Waals surface area (Å²) in [5.74, 6) is 0. The van der Waals surface area contributed by atoms with Gasteiger partial charge in [0.2, 0.25) is 0 Å². The quantitative estimate of drug-likeness (QED) is 0.829. The van der Waals surface area contributed by atoms with Crippen LogP contribution in [0.2, 0.25) is 0 Å². The second-order valence-electron chi connectivity index (χ2n) is 5.46. The van der Waals surface area contributed by atoms with Crippen LogP contribution in [-0.4, -0.2) is 18.6 Å². The Hall–Kier alpha value is -0.450. The Morgan fingerprint density at radius 1 is 1.37 bits per heavy atom. The molecule has 1 aliphatic rings. The highest BCUT2D eigenvalue weighted by molar-refractivity contribution is 7.11. The van der Waals surface area contributed by atoms with Crippen LogP contribution in [-0.2, 0) is 10.3 Å². The molecular formula is C15H26N2OS. The molecule has 108 valence electrons. The third-order valence-electron chi connectivity index (χ3n) is 4.15. The fourth-order valence-electron chi connectivity index (χ4n) is 2.91. The molecule has 0 spiro atoms. The fourth-order valence-corrected chi connectivity index (χ4v) is 4.08. The number of methoxy groups -OCH3 is 1. The van der Waals surface area contributed by atoms with Crippen LogP contribution in [0.1, 0.15) is 68.3 Å². The van der Waals surface area contributed by atoms with Crippen molar-refractivity contribution in [1.29, 1.82) is 0 Å². The molecule has 0 bridgehead atoms. The largest absolute Gasteiger partial charge is 0.371 e. The predicted molar refractivity (Wildman–Crippen MR) is 80.6 cm³/mol. The van der Waals surface area contributed by atoms with Crippen molar-refractivity contribution in [3.8, 4) is 0 Å². The van der Waals surface area contributed by atoms with Crippen LogP contribution in [0, 0.1) is 0 Å². The molecule has 1 heterocycles. The maximum absolute atomic E-state index is 5.93. The highest BCUT2D eigenvalue weighted by Crippen LogP contribution is 2.41. The first-order valence-corrected chi connectivity index (χ1v) is 8.28. The zero-order valence-electron chi connectivity index (χ0n) is 12.4. The molecule has 0 aliphatic heterocycles. The van der Waals surface area contributed by atoms with Crippen molar-refractivity contribution in [1.82, 2.24) is 10.3 Å². The van der Waals surface area contributed by atoms with Crippen molar-refractivity contribution in [3.63, 3.8) is 0 Å². The number of thiazole rings is 1. The number of nitrogens with zero attached hydrogens (tertiary/aromatic N) is 1. The van der Waals surface area contributed by atoms with Crippen LogP contribution in [0.15, 0.2) is 6.20 Å². The zero-order chi connectivity index (χ0) is 13.7. The Bertz CT molecular complexity index is 383. The van der Waals surface area contributed by atoms with Crippen LogP contribution in [0.4, 0.5) is 0 Å². The van der Waals surface area contributed by atoms with E-state index in [4.69, 9.17) is 4.74 Å². The highest BCUT2D eigenvalue weighted by Gasteiger charge is 2.35. The molecule has 1 N–H and O–H groups in total. The van der Waals surface area contributed by atoms with Gasteiger partial charge in [0.1, 0.15) is 10.6 Å². The van der Waals surface area contributed by atoms with Gasteiger partial charge in [0.15, 0.2) is 0 Å². The summed E-state index contributed by atoms with van der Waals surface area (Å²) in [6, 6.07) is 0.385. The fraction of sp³-hybridized carbons (Fsp3) is 0.800. The molecule has 3 nitrogen and oxygen atoms in total. The standard InChI is InChI=1S/C15H26N2OS/c1-4-16-12(2)13-11-17-14(19-13)15(18-3)9-7-5-6-8-10-15/h11-12,16H,4-10H2,1-3H3. The summed E-state index contributed by atoms with van der Waals surface area (Å²) >= 11 is 1.82. The number of rotatable bonds is 5. The minimum absolute atomic E-state index is 0.120. The summed E-state index contributed by atoms with van der Waals surface area (Å²) < 4.78 is 5.93. The highest BCUT2D eigenvalue weighted by atomic mass is 32.1. The van der Waals surface area contributed by atoms with E-state index in [1.165, 1.54) is 35.6 Å². The normalized spacial score (nSPS) is 21.0. The van der Waals surface area contributed by atoms with Gasteiger partial charge in [-0.3, -0.25) is 0 Å². The van der Waals surface area contributed by atoms with Gasteiger partial charge >= 0.3 is 0 Å². The first kappa shape index (κ1) is 14.9. The molecule has 0 aromatic carbocycles. The lowest BCUT2D eigenvalue weighted by atomic mass is 9.95. The van der Waals surface area contributed by atoms with Crippen LogP contribution in [0.25, 0.3) is 0 Å². The van der Waals surface area contributed by atoms with Gasteiger partial charge in [-0.25, -0.2) is 4.98 Å². The van der Waals surface area contributed by atoms with E-state index in [9.17, 15) is 0 Å². The Labute approximate surface area is 120 Å². The molecule has 1 fully saturated rings. The average Bonchev–Trinajstić information content (AvgIpc) is 2.79. The van der Waals surface area contributed by atoms with Gasteiger partial charge in [0, 0.05) is 24.2 Å². The number of hydrogen-bond donors (Lipinski definition) is 1. The summed E-state index contributed by atoms with van der Waals surface area (Å²) in [7, 11) is 1.85. The number of nitrogens with one attached hydrogen (secondary N) is 1. The van der Waals surface area contributed by atoms with E-state index < -0.39 is 0 Å². The van der Waals surface area contributed by atoms with Crippen LogP contribution < -0.4 is 5.32 Å². The lowest BCUT2D eigenvalue weighted by Crippen LogP contribution is -2.27. The van der Waals surface area contributed by atoms with Crippen molar-refractivity contribution in [2.45, 2.75) is 64.0 Å². The average molecular weight is 282 g/mol. The maximum Gasteiger partial charge on any atom is 0.125 e. The molecule has 1 atom stereocenters.